The molecule has 9 heteroatoms. The van der Waals surface area contributed by atoms with Crippen LogP contribution in [0.15, 0.2) is 77.1 Å². The highest BCUT2D eigenvalue weighted by Gasteiger charge is 2.16. The molecule has 1 aliphatic heterocycles. The van der Waals surface area contributed by atoms with Crippen LogP contribution in [0.5, 0.6) is 11.5 Å². The average Bonchev–Trinajstić information content (AvgIpc) is 3.42. The van der Waals surface area contributed by atoms with Gasteiger partial charge in [0.15, 0.2) is 16.3 Å². The normalized spacial score (nSPS) is 12.8. The molecule has 5 rings (SSSR count). The summed E-state index contributed by atoms with van der Waals surface area (Å²) >= 11 is 1.44. The Morgan fingerprint density at radius 3 is 2.53 bits per heavy atom. The third-order valence-corrected chi connectivity index (χ3v) is 5.86. The van der Waals surface area contributed by atoms with Crippen molar-refractivity contribution >= 4 is 22.7 Å². The number of thiazole rings is 1. The van der Waals surface area contributed by atoms with Gasteiger partial charge in [-0.05, 0) is 59.7 Å². The molecular formula is C23H16FN3O4S. The molecule has 0 spiro atoms. The average molecular weight is 449 g/mol. The minimum Gasteiger partial charge on any atom is -0.454 e. The van der Waals surface area contributed by atoms with Crippen LogP contribution >= 0.6 is 11.3 Å². The van der Waals surface area contributed by atoms with Crippen molar-refractivity contribution in [1.29, 1.82) is 0 Å². The number of ether oxygens (including phenoxy) is 2. The molecule has 0 bridgehead atoms. The lowest BCUT2D eigenvalue weighted by molar-refractivity contribution is -0.384. The minimum absolute atomic E-state index is 0.0301. The van der Waals surface area contributed by atoms with Crippen molar-refractivity contribution in [2.24, 2.45) is 4.99 Å². The number of nitro benzene ring substituents is 1. The molecular weight excluding hydrogens is 433 g/mol. The smallest absolute Gasteiger partial charge is 0.269 e. The standard InChI is InChI=1S/C23H16FN3O4S/c24-17-4-6-18(7-5-17)25-23-26(12-15-1-10-21-22(11-15)31-14-30-21)20(13-32-23)16-2-8-19(9-3-16)27(28)29/h1-11,13H,12,14H2. The molecule has 0 aliphatic carbocycles. The lowest BCUT2D eigenvalue weighted by atomic mass is 10.1. The van der Waals surface area contributed by atoms with Gasteiger partial charge in [-0.15, -0.1) is 11.3 Å². The topological polar surface area (TPSA) is 78.9 Å². The summed E-state index contributed by atoms with van der Waals surface area (Å²) in [5, 5.41) is 13.0. The minimum atomic E-state index is -0.423. The second-order valence-corrected chi connectivity index (χ2v) is 7.91. The lowest BCUT2D eigenvalue weighted by Crippen LogP contribution is -2.16. The molecule has 0 saturated carbocycles. The quantitative estimate of drug-likeness (QED) is 0.307. The molecule has 0 fully saturated rings. The van der Waals surface area contributed by atoms with Crippen LogP contribution in [0, 0.1) is 15.9 Å². The van der Waals surface area contributed by atoms with E-state index >= 15 is 0 Å². The van der Waals surface area contributed by atoms with Crippen molar-refractivity contribution in [3.63, 3.8) is 0 Å². The van der Waals surface area contributed by atoms with Crippen molar-refractivity contribution in [3.05, 3.63) is 98.4 Å². The number of halogens is 1. The van der Waals surface area contributed by atoms with Crippen LogP contribution in [-0.4, -0.2) is 16.3 Å². The number of benzene rings is 3. The van der Waals surface area contributed by atoms with Gasteiger partial charge in [-0.3, -0.25) is 10.1 Å². The summed E-state index contributed by atoms with van der Waals surface area (Å²) < 4.78 is 26.2. The van der Waals surface area contributed by atoms with Crippen molar-refractivity contribution < 1.29 is 18.8 Å². The molecule has 4 aromatic rings. The van der Waals surface area contributed by atoms with Crippen molar-refractivity contribution in [1.82, 2.24) is 4.57 Å². The summed E-state index contributed by atoms with van der Waals surface area (Å²) in [5.74, 6) is 1.07. The van der Waals surface area contributed by atoms with Gasteiger partial charge in [-0.1, -0.05) is 6.07 Å². The van der Waals surface area contributed by atoms with Gasteiger partial charge in [-0.25, -0.2) is 9.38 Å². The molecule has 160 valence electrons. The largest absolute Gasteiger partial charge is 0.454 e. The fraction of sp³-hybridized carbons (Fsp3) is 0.0870. The Labute approximate surface area is 185 Å². The number of hydrogen-bond donors (Lipinski definition) is 0. The van der Waals surface area contributed by atoms with Crippen molar-refractivity contribution in [3.8, 4) is 22.8 Å². The monoisotopic (exact) mass is 449 g/mol. The number of aromatic nitrogens is 1. The lowest BCUT2D eigenvalue weighted by Gasteiger charge is -2.10. The maximum absolute atomic E-state index is 13.3. The van der Waals surface area contributed by atoms with Gasteiger partial charge in [0.05, 0.1) is 22.8 Å². The third-order valence-electron chi connectivity index (χ3n) is 5.00. The summed E-state index contributed by atoms with van der Waals surface area (Å²) in [7, 11) is 0. The molecule has 0 N–H and O–H groups in total. The van der Waals surface area contributed by atoms with E-state index in [1.807, 2.05) is 28.1 Å². The van der Waals surface area contributed by atoms with Gasteiger partial charge in [0.25, 0.3) is 5.69 Å². The van der Waals surface area contributed by atoms with Crippen LogP contribution in [0.2, 0.25) is 0 Å². The summed E-state index contributed by atoms with van der Waals surface area (Å²) in [5.41, 5.74) is 3.33. The van der Waals surface area contributed by atoms with Crippen LogP contribution in [0.25, 0.3) is 11.3 Å². The number of hydrogen-bond acceptors (Lipinski definition) is 6. The van der Waals surface area contributed by atoms with E-state index in [0.29, 0.717) is 28.5 Å². The molecule has 2 heterocycles. The zero-order chi connectivity index (χ0) is 22.1. The number of non-ortho nitro benzene ring substituents is 1. The molecule has 0 amide bonds. The van der Waals surface area contributed by atoms with Crippen molar-refractivity contribution in [2.75, 3.05) is 6.79 Å². The Hall–Kier alpha value is -3.98. The van der Waals surface area contributed by atoms with Crippen LogP contribution < -0.4 is 14.3 Å². The first-order valence-electron chi connectivity index (χ1n) is 9.69. The summed E-state index contributed by atoms with van der Waals surface area (Å²) in [6.07, 6.45) is 0. The van der Waals surface area contributed by atoms with E-state index in [4.69, 9.17) is 14.5 Å². The first kappa shape index (κ1) is 20.0. The zero-order valence-electron chi connectivity index (χ0n) is 16.6. The van der Waals surface area contributed by atoms with E-state index in [9.17, 15) is 14.5 Å². The van der Waals surface area contributed by atoms with Gasteiger partial charge in [-0.2, -0.15) is 0 Å². The SMILES string of the molecule is O=[N+]([O-])c1ccc(-c2csc(=Nc3ccc(F)cc3)n2Cc2ccc3c(c2)OCO3)cc1. The number of nitrogens with zero attached hydrogens (tertiary/aromatic N) is 3. The molecule has 0 saturated heterocycles. The number of nitro groups is 1. The Kier molecular flexibility index (Phi) is 5.16. The highest BCUT2D eigenvalue weighted by molar-refractivity contribution is 7.07. The van der Waals surface area contributed by atoms with Gasteiger partial charge in [0, 0.05) is 17.5 Å². The van der Waals surface area contributed by atoms with E-state index in [-0.39, 0.29) is 18.3 Å². The van der Waals surface area contributed by atoms with Crippen LogP contribution in [0.4, 0.5) is 15.8 Å². The molecule has 32 heavy (non-hydrogen) atoms. The highest BCUT2D eigenvalue weighted by atomic mass is 32.1. The van der Waals surface area contributed by atoms with Crippen LogP contribution in [0.1, 0.15) is 5.56 Å². The predicted octanol–water partition coefficient (Wildman–Crippen LogP) is 5.27. The summed E-state index contributed by atoms with van der Waals surface area (Å²) in [6, 6.07) is 18.1. The molecule has 0 unspecified atom stereocenters. The first-order valence-corrected chi connectivity index (χ1v) is 10.6. The van der Waals surface area contributed by atoms with Gasteiger partial charge < -0.3 is 14.0 Å². The second-order valence-electron chi connectivity index (χ2n) is 7.07. The highest BCUT2D eigenvalue weighted by Crippen LogP contribution is 2.33. The van der Waals surface area contributed by atoms with Crippen LogP contribution in [-0.2, 0) is 6.54 Å². The fourth-order valence-electron chi connectivity index (χ4n) is 3.40. The molecule has 7 nitrogen and oxygen atoms in total. The third kappa shape index (κ3) is 3.97. The molecule has 1 aliphatic rings. The van der Waals surface area contributed by atoms with Gasteiger partial charge in [0.2, 0.25) is 6.79 Å². The van der Waals surface area contributed by atoms with Gasteiger partial charge in [0.1, 0.15) is 5.82 Å². The van der Waals surface area contributed by atoms with Gasteiger partial charge >= 0.3 is 0 Å². The summed E-state index contributed by atoms with van der Waals surface area (Å²) in [4.78, 5) is 16.0. The Morgan fingerprint density at radius 1 is 1.03 bits per heavy atom. The molecule has 0 radical (unpaired) electrons. The predicted molar refractivity (Wildman–Crippen MR) is 118 cm³/mol. The Morgan fingerprint density at radius 2 is 1.78 bits per heavy atom. The van der Waals surface area contributed by atoms with E-state index in [1.54, 1.807) is 24.3 Å². The fourth-order valence-corrected chi connectivity index (χ4v) is 4.33. The number of fused-ring (bicyclic) bond motifs is 1. The zero-order valence-corrected chi connectivity index (χ0v) is 17.4. The van der Waals surface area contributed by atoms with E-state index in [2.05, 4.69) is 0 Å². The second kappa shape index (κ2) is 8.27. The molecule has 3 aromatic carbocycles. The molecule has 0 atom stereocenters. The van der Waals surface area contributed by atoms with E-state index in [0.717, 1.165) is 16.8 Å². The number of rotatable bonds is 5. The Balaban J connectivity index is 1.59. The van der Waals surface area contributed by atoms with E-state index in [1.165, 1.54) is 35.6 Å². The Bertz CT molecular complexity index is 1360. The first-order chi connectivity index (χ1) is 15.6. The van der Waals surface area contributed by atoms with Crippen molar-refractivity contribution in [2.45, 2.75) is 6.54 Å². The summed E-state index contributed by atoms with van der Waals surface area (Å²) in [6.45, 7) is 0.691. The van der Waals surface area contributed by atoms with Crippen LogP contribution in [0.3, 0.4) is 0 Å². The maximum atomic E-state index is 13.3. The molecule has 1 aromatic heterocycles. The van der Waals surface area contributed by atoms with E-state index < -0.39 is 4.92 Å². The maximum Gasteiger partial charge on any atom is 0.269 e.